The summed E-state index contributed by atoms with van der Waals surface area (Å²) >= 11 is 0. The molecule has 2 heteroatoms. The standard InChI is InChI=1S/C10H17NO/c1-2-3-4-5-9-8-10(12)6-7-11-9/h2-5,9-12H,6-8H2,1H3. The molecule has 68 valence electrons. The Hall–Kier alpha value is -0.600. The Morgan fingerprint density at radius 1 is 1.42 bits per heavy atom. The molecule has 0 aromatic rings. The zero-order valence-corrected chi connectivity index (χ0v) is 7.53. The smallest absolute Gasteiger partial charge is 0.0570 e. The molecule has 0 aromatic heterocycles. The van der Waals surface area contributed by atoms with Crippen molar-refractivity contribution in [1.29, 1.82) is 0 Å². The fourth-order valence-electron chi connectivity index (χ4n) is 1.39. The molecule has 0 aliphatic carbocycles. The third kappa shape index (κ3) is 3.20. The summed E-state index contributed by atoms with van der Waals surface area (Å²) in [7, 11) is 0. The van der Waals surface area contributed by atoms with E-state index in [9.17, 15) is 5.11 Å². The van der Waals surface area contributed by atoms with Gasteiger partial charge in [0.2, 0.25) is 0 Å². The van der Waals surface area contributed by atoms with Crippen LogP contribution in [0.3, 0.4) is 0 Å². The molecular formula is C10H17NO. The molecule has 2 nitrogen and oxygen atoms in total. The predicted molar refractivity (Wildman–Crippen MR) is 51.0 cm³/mol. The third-order valence-electron chi connectivity index (χ3n) is 2.06. The molecule has 1 aliphatic heterocycles. The number of rotatable bonds is 2. The molecule has 0 saturated carbocycles. The van der Waals surface area contributed by atoms with Gasteiger partial charge in [-0.1, -0.05) is 24.3 Å². The summed E-state index contributed by atoms with van der Waals surface area (Å²) < 4.78 is 0. The number of hydrogen-bond acceptors (Lipinski definition) is 2. The molecule has 2 unspecified atom stereocenters. The molecule has 1 rings (SSSR count). The first kappa shape index (κ1) is 9.49. The second-order valence-electron chi connectivity index (χ2n) is 3.15. The van der Waals surface area contributed by atoms with Gasteiger partial charge in [0, 0.05) is 6.04 Å². The maximum Gasteiger partial charge on any atom is 0.0570 e. The van der Waals surface area contributed by atoms with Crippen LogP contribution >= 0.6 is 0 Å². The molecule has 1 saturated heterocycles. The zero-order chi connectivity index (χ0) is 8.81. The maximum atomic E-state index is 9.34. The van der Waals surface area contributed by atoms with Gasteiger partial charge in [0.05, 0.1) is 6.10 Å². The maximum absolute atomic E-state index is 9.34. The molecule has 1 aliphatic rings. The van der Waals surface area contributed by atoms with Gasteiger partial charge < -0.3 is 10.4 Å². The summed E-state index contributed by atoms with van der Waals surface area (Å²) in [6.07, 6.45) is 9.73. The van der Waals surface area contributed by atoms with Crippen molar-refractivity contribution in [1.82, 2.24) is 5.32 Å². The molecule has 0 spiro atoms. The van der Waals surface area contributed by atoms with Crippen LogP contribution in [-0.4, -0.2) is 23.8 Å². The minimum absolute atomic E-state index is 0.119. The number of aliphatic hydroxyl groups excluding tert-OH is 1. The van der Waals surface area contributed by atoms with Gasteiger partial charge in [-0.2, -0.15) is 0 Å². The Kier molecular flexibility index (Phi) is 4.05. The average molecular weight is 167 g/mol. The highest BCUT2D eigenvalue weighted by molar-refractivity contribution is 5.06. The summed E-state index contributed by atoms with van der Waals surface area (Å²) in [6, 6.07) is 0.352. The number of hydrogen-bond donors (Lipinski definition) is 2. The molecule has 0 bridgehead atoms. The topological polar surface area (TPSA) is 32.3 Å². The van der Waals surface area contributed by atoms with E-state index in [2.05, 4.69) is 11.4 Å². The predicted octanol–water partition coefficient (Wildman–Crippen LogP) is 1.23. The van der Waals surface area contributed by atoms with Gasteiger partial charge in [0.15, 0.2) is 0 Å². The minimum Gasteiger partial charge on any atom is -0.393 e. The molecule has 0 aromatic carbocycles. The van der Waals surface area contributed by atoms with Gasteiger partial charge in [-0.3, -0.25) is 0 Å². The normalized spacial score (nSPS) is 31.8. The fraction of sp³-hybridized carbons (Fsp3) is 0.600. The van der Waals surface area contributed by atoms with Crippen LogP contribution in [-0.2, 0) is 0 Å². The first-order chi connectivity index (χ1) is 5.83. The largest absolute Gasteiger partial charge is 0.393 e. The van der Waals surface area contributed by atoms with Crippen LogP contribution < -0.4 is 5.32 Å². The van der Waals surface area contributed by atoms with E-state index >= 15 is 0 Å². The quantitative estimate of drug-likeness (QED) is 0.606. The Balaban J connectivity index is 2.31. The fourth-order valence-corrected chi connectivity index (χ4v) is 1.39. The van der Waals surface area contributed by atoms with Crippen molar-refractivity contribution < 1.29 is 5.11 Å². The molecular weight excluding hydrogens is 150 g/mol. The molecule has 1 heterocycles. The molecule has 0 radical (unpaired) electrons. The van der Waals surface area contributed by atoms with Crippen LogP contribution in [0.1, 0.15) is 19.8 Å². The van der Waals surface area contributed by atoms with E-state index in [1.54, 1.807) is 0 Å². The van der Waals surface area contributed by atoms with Crippen molar-refractivity contribution in [3.05, 3.63) is 24.3 Å². The Bertz CT molecular complexity index is 175. The lowest BCUT2D eigenvalue weighted by Crippen LogP contribution is -2.38. The van der Waals surface area contributed by atoms with Crippen molar-refractivity contribution in [3.63, 3.8) is 0 Å². The average Bonchev–Trinajstić information content (AvgIpc) is 2.05. The second kappa shape index (κ2) is 5.12. The van der Waals surface area contributed by atoms with Crippen LogP contribution in [0.4, 0.5) is 0 Å². The van der Waals surface area contributed by atoms with Gasteiger partial charge in [0.25, 0.3) is 0 Å². The summed E-state index contributed by atoms with van der Waals surface area (Å²) in [5.74, 6) is 0. The lowest BCUT2D eigenvalue weighted by Gasteiger charge is -2.24. The van der Waals surface area contributed by atoms with Crippen LogP contribution in [0.2, 0.25) is 0 Å². The van der Waals surface area contributed by atoms with Crippen molar-refractivity contribution >= 4 is 0 Å². The monoisotopic (exact) mass is 167 g/mol. The number of nitrogens with one attached hydrogen (secondary N) is 1. The van der Waals surface area contributed by atoms with E-state index in [0.29, 0.717) is 6.04 Å². The first-order valence-corrected chi connectivity index (χ1v) is 4.54. The van der Waals surface area contributed by atoms with Crippen molar-refractivity contribution in [3.8, 4) is 0 Å². The first-order valence-electron chi connectivity index (χ1n) is 4.54. The highest BCUT2D eigenvalue weighted by Gasteiger charge is 2.16. The lowest BCUT2D eigenvalue weighted by atomic mass is 10.0. The Morgan fingerprint density at radius 2 is 2.25 bits per heavy atom. The summed E-state index contributed by atoms with van der Waals surface area (Å²) in [5.41, 5.74) is 0. The Labute approximate surface area is 74.0 Å². The highest BCUT2D eigenvalue weighted by atomic mass is 16.3. The van der Waals surface area contributed by atoms with E-state index in [0.717, 1.165) is 19.4 Å². The Morgan fingerprint density at radius 3 is 2.92 bits per heavy atom. The zero-order valence-electron chi connectivity index (χ0n) is 7.53. The van der Waals surface area contributed by atoms with E-state index in [1.807, 2.05) is 25.2 Å². The summed E-state index contributed by atoms with van der Waals surface area (Å²) in [4.78, 5) is 0. The van der Waals surface area contributed by atoms with Crippen molar-refractivity contribution in [2.75, 3.05) is 6.54 Å². The summed E-state index contributed by atoms with van der Waals surface area (Å²) in [5, 5.41) is 12.7. The number of aliphatic hydroxyl groups is 1. The van der Waals surface area contributed by atoms with E-state index in [-0.39, 0.29) is 6.10 Å². The van der Waals surface area contributed by atoms with Crippen molar-refractivity contribution in [2.45, 2.75) is 31.9 Å². The molecule has 12 heavy (non-hydrogen) atoms. The van der Waals surface area contributed by atoms with E-state index < -0.39 is 0 Å². The van der Waals surface area contributed by atoms with Gasteiger partial charge >= 0.3 is 0 Å². The highest BCUT2D eigenvalue weighted by Crippen LogP contribution is 2.08. The van der Waals surface area contributed by atoms with Crippen LogP contribution in [0.5, 0.6) is 0 Å². The van der Waals surface area contributed by atoms with E-state index in [4.69, 9.17) is 0 Å². The van der Waals surface area contributed by atoms with E-state index in [1.165, 1.54) is 0 Å². The second-order valence-corrected chi connectivity index (χ2v) is 3.15. The van der Waals surface area contributed by atoms with Gasteiger partial charge in [-0.05, 0) is 26.3 Å². The lowest BCUT2D eigenvalue weighted by molar-refractivity contribution is 0.125. The van der Waals surface area contributed by atoms with Gasteiger partial charge in [-0.25, -0.2) is 0 Å². The number of piperidine rings is 1. The van der Waals surface area contributed by atoms with Crippen LogP contribution in [0.15, 0.2) is 24.3 Å². The van der Waals surface area contributed by atoms with Crippen LogP contribution in [0.25, 0.3) is 0 Å². The molecule has 2 atom stereocenters. The third-order valence-corrected chi connectivity index (χ3v) is 2.06. The van der Waals surface area contributed by atoms with Gasteiger partial charge in [-0.15, -0.1) is 0 Å². The molecule has 0 amide bonds. The van der Waals surface area contributed by atoms with Gasteiger partial charge in [0.1, 0.15) is 0 Å². The molecule has 1 fully saturated rings. The summed E-state index contributed by atoms with van der Waals surface area (Å²) in [6.45, 7) is 2.92. The molecule has 2 N–H and O–H groups in total. The SMILES string of the molecule is CC=CC=CC1CC(O)CCN1. The van der Waals surface area contributed by atoms with Crippen LogP contribution in [0, 0.1) is 0 Å². The van der Waals surface area contributed by atoms with Crippen molar-refractivity contribution in [2.24, 2.45) is 0 Å². The minimum atomic E-state index is -0.119. The number of allylic oxidation sites excluding steroid dienone is 3.